The van der Waals surface area contributed by atoms with Crippen molar-refractivity contribution in [2.75, 3.05) is 36.4 Å². The Balaban J connectivity index is 1.37. The zero-order chi connectivity index (χ0) is 23.9. The lowest BCUT2D eigenvalue weighted by molar-refractivity contribution is 0.0378. The Morgan fingerprint density at radius 3 is 2.62 bits per heavy atom. The van der Waals surface area contributed by atoms with E-state index in [2.05, 4.69) is 50.4 Å². The molecule has 1 aliphatic rings. The van der Waals surface area contributed by atoms with E-state index < -0.39 is 0 Å². The van der Waals surface area contributed by atoms with E-state index in [0.717, 1.165) is 49.7 Å². The van der Waals surface area contributed by atoms with Gasteiger partial charge in [0.05, 0.1) is 6.10 Å². The molecule has 1 saturated heterocycles. The van der Waals surface area contributed by atoms with Crippen molar-refractivity contribution in [2.24, 2.45) is 5.73 Å². The summed E-state index contributed by atoms with van der Waals surface area (Å²) in [7, 11) is 0. The third kappa shape index (κ3) is 5.92. The van der Waals surface area contributed by atoms with Crippen LogP contribution >= 0.6 is 0 Å². The molecule has 1 aliphatic heterocycles. The Labute approximate surface area is 201 Å². The number of esters is 1. The molecule has 7 heteroatoms. The van der Waals surface area contributed by atoms with Crippen LogP contribution in [0.15, 0.2) is 66.9 Å². The van der Waals surface area contributed by atoms with Gasteiger partial charge in [-0.15, -0.1) is 0 Å². The number of carbonyl (C=O) groups is 1. The van der Waals surface area contributed by atoms with E-state index in [1.165, 1.54) is 5.56 Å². The molecule has 0 radical (unpaired) electrons. The zero-order valence-corrected chi connectivity index (χ0v) is 19.9. The normalized spacial score (nSPS) is 14.3. The summed E-state index contributed by atoms with van der Waals surface area (Å²) < 4.78 is 5.41. The molecule has 34 heavy (non-hydrogen) atoms. The quantitative estimate of drug-likeness (QED) is 0.489. The number of rotatable bonds is 8. The van der Waals surface area contributed by atoms with Crippen LogP contribution in [0, 0.1) is 0 Å². The Morgan fingerprint density at radius 1 is 1.06 bits per heavy atom. The van der Waals surface area contributed by atoms with E-state index in [1.807, 2.05) is 32.0 Å². The first kappa shape index (κ1) is 23.7. The number of aromatic nitrogens is 1. The summed E-state index contributed by atoms with van der Waals surface area (Å²) in [5.74, 6) is 0.388. The van der Waals surface area contributed by atoms with Crippen LogP contribution in [0.1, 0.15) is 35.3 Å². The van der Waals surface area contributed by atoms with Crippen LogP contribution in [0.5, 0.6) is 0 Å². The first-order valence-corrected chi connectivity index (χ1v) is 11.8. The molecule has 1 aromatic heterocycles. The number of hydrogen-bond acceptors (Lipinski definition) is 7. The van der Waals surface area contributed by atoms with Gasteiger partial charge in [0, 0.05) is 56.8 Å². The van der Waals surface area contributed by atoms with Crippen molar-refractivity contribution in [3.63, 3.8) is 0 Å². The van der Waals surface area contributed by atoms with Crippen molar-refractivity contribution in [1.29, 1.82) is 0 Å². The summed E-state index contributed by atoms with van der Waals surface area (Å²) in [4.78, 5) is 21.6. The molecule has 0 amide bonds. The number of benzene rings is 2. The second-order valence-corrected chi connectivity index (χ2v) is 8.78. The lowest BCUT2D eigenvalue weighted by Gasteiger charge is -2.36. The fourth-order valence-corrected chi connectivity index (χ4v) is 4.19. The standard InChI is InChI=1S/C27H33N5O2/c1-20(2)34-27(33)24-10-6-12-29-26(24)32-15-13-31(14-16-32)19-21-7-5-9-23(17-21)30-25-11-4-3-8-22(25)18-28/h3-12,17,20,30H,13-16,18-19,28H2,1-2H3. The van der Waals surface area contributed by atoms with Gasteiger partial charge < -0.3 is 20.7 Å². The smallest absolute Gasteiger partial charge is 0.342 e. The minimum Gasteiger partial charge on any atom is -0.459 e. The molecule has 0 spiro atoms. The van der Waals surface area contributed by atoms with Gasteiger partial charge in [0.25, 0.3) is 0 Å². The van der Waals surface area contributed by atoms with Gasteiger partial charge >= 0.3 is 5.97 Å². The molecule has 0 unspecified atom stereocenters. The molecule has 3 aromatic rings. The number of carbonyl (C=O) groups excluding carboxylic acids is 1. The highest BCUT2D eigenvalue weighted by molar-refractivity contribution is 5.94. The highest BCUT2D eigenvalue weighted by atomic mass is 16.5. The van der Waals surface area contributed by atoms with E-state index in [9.17, 15) is 4.79 Å². The van der Waals surface area contributed by atoms with Crippen molar-refractivity contribution < 1.29 is 9.53 Å². The van der Waals surface area contributed by atoms with E-state index >= 15 is 0 Å². The van der Waals surface area contributed by atoms with Crippen LogP contribution in [0.25, 0.3) is 0 Å². The summed E-state index contributed by atoms with van der Waals surface area (Å²) >= 11 is 0. The number of ether oxygens (including phenoxy) is 1. The number of nitrogens with one attached hydrogen (secondary N) is 1. The number of nitrogens with two attached hydrogens (primary N) is 1. The van der Waals surface area contributed by atoms with Gasteiger partial charge in [-0.3, -0.25) is 4.90 Å². The fraction of sp³-hybridized carbons (Fsp3) is 0.333. The summed E-state index contributed by atoms with van der Waals surface area (Å²) in [6.07, 6.45) is 1.57. The first-order chi connectivity index (χ1) is 16.5. The molecule has 0 aliphatic carbocycles. The molecule has 0 atom stereocenters. The van der Waals surface area contributed by atoms with Crippen molar-refractivity contribution in [1.82, 2.24) is 9.88 Å². The van der Waals surface area contributed by atoms with Crippen LogP contribution < -0.4 is 16.0 Å². The molecule has 2 aromatic carbocycles. The maximum absolute atomic E-state index is 12.5. The summed E-state index contributed by atoms with van der Waals surface area (Å²) in [6.45, 7) is 8.47. The van der Waals surface area contributed by atoms with Gasteiger partial charge in [0.1, 0.15) is 11.4 Å². The monoisotopic (exact) mass is 459 g/mol. The van der Waals surface area contributed by atoms with Gasteiger partial charge in [0.15, 0.2) is 0 Å². The average Bonchev–Trinajstić information content (AvgIpc) is 2.85. The van der Waals surface area contributed by atoms with Crippen LogP contribution in [0.2, 0.25) is 0 Å². The largest absolute Gasteiger partial charge is 0.459 e. The van der Waals surface area contributed by atoms with Crippen molar-refractivity contribution in [2.45, 2.75) is 33.0 Å². The van der Waals surface area contributed by atoms with E-state index in [0.29, 0.717) is 17.9 Å². The molecule has 2 heterocycles. The minimum atomic E-state index is -0.318. The summed E-state index contributed by atoms with van der Waals surface area (Å²) in [5.41, 5.74) is 10.8. The molecule has 1 fully saturated rings. The lowest BCUT2D eigenvalue weighted by Crippen LogP contribution is -2.46. The van der Waals surface area contributed by atoms with Gasteiger partial charge in [-0.05, 0) is 55.3 Å². The number of nitrogens with zero attached hydrogens (tertiary/aromatic N) is 3. The first-order valence-electron chi connectivity index (χ1n) is 11.8. The van der Waals surface area contributed by atoms with Crippen LogP contribution in [0.3, 0.4) is 0 Å². The van der Waals surface area contributed by atoms with Gasteiger partial charge in [-0.2, -0.15) is 0 Å². The average molecular weight is 460 g/mol. The van der Waals surface area contributed by atoms with E-state index in [1.54, 1.807) is 18.3 Å². The third-order valence-corrected chi connectivity index (χ3v) is 5.87. The predicted molar refractivity (Wildman–Crippen MR) is 136 cm³/mol. The third-order valence-electron chi connectivity index (χ3n) is 5.87. The molecule has 0 saturated carbocycles. The Morgan fingerprint density at radius 2 is 1.85 bits per heavy atom. The fourth-order valence-electron chi connectivity index (χ4n) is 4.19. The lowest BCUT2D eigenvalue weighted by atomic mass is 10.1. The van der Waals surface area contributed by atoms with Crippen molar-refractivity contribution in [3.05, 3.63) is 83.6 Å². The topological polar surface area (TPSA) is 83.7 Å². The van der Waals surface area contributed by atoms with Gasteiger partial charge in [0.2, 0.25) is 0 Å². The Kier molecular flexibility index (Phi) is 7.77. The molecular weight excluding hydrogens is 426 g/mol. The zero-order valence-electron chi connectivity index (χ0n) is 19.9. The summed E-state index contributed by atoms with van der Waals surface area (Å²) in [6, 6.07) is 20.2. The second kappa shape index (κ2) is 11.1. The SMILES string of the molecule is CC(C)OC(=O)c1cccnc1N1CCN(Cc2cccc(Nc3ccccc3CN)c2)CC1. The van der Waals surface area contributed by atoms with Crippen LogP contribution in [0.4, 0.5) is 17.2 Å². The van der Waals surface area contributed by atoms with Gasteiger partial charge in [-0.25, -0.2) is 9.78 Å². The number of anilines is 3. The van der Waals surface area contributed by atoms with E-state index in [-0.39, 0.29) is 12.1 Å². The minimum absolute atomic E-state index is 0.161. The molecular formula is C27H33N5O2. The van der Waals surface area contributed by atoms with Crippen LogP contribution in [-0.2, 0) is 17.8 Å². The number of piperazine rings is 1. The van der Waals surface area contributed by atoms with Crippen molar-refractivity contribution in [3.8, 4) is 0 Å². The Hall–Kier alpha value is -3.42. The summed E-state index contributed by atoms with van der Waals surface area (Å²) in [5, 5.41) is 3.50. The number of hydrogen-bond donors (Lipinski definition) is 2. The predicted octanol–water partition coefficient (Wildman–Crippen LogP) is 4.17. The van der Waals surface area contributed by atoms with Crippen LogP contribution in [-0.4, -0.2) is 48.1 Å². The molecule has 0 bridgehead atoms. The van der Waals surface area contributed by atoms with Gasteiger partial charge in [-0.1, -0.05) is 30.3 Å². The molecule has 3 N–H and O–H groups in total. The number of pyridine rings is 1. The highest BCUT2D eigenvalue weighted by Gasteiger charge is 2.23. The Bertz CT molecular complexity index is 1110. The molecule has 7 nitrogen and oxygen atoms in total. The van der Waals surface area contributed by atoms with E-state index in [4.69, 9.17) is 10.5 Å². The van der Waals surface area contributed by atoms with Crippen molar-refractivity contribution >= 4 is 23.2 Å². The molecule has 4 rings (SSSR count). The highest BCUT2D eigenvalue weighted by Crippen LogP contribution is 2.24. The second-order valence-electron chi connectivity index (χ2n) is 8.78. The molecule has 178 valence electrons. The maximum atomic E-state index is 12.5. The number of para-hydroxylation sites is 1. The maximum Gasteiger partial charge on any atom is 0.342 e.